The first kappa shape index (κ1) is 22.7. The van der Waals surface area contributed by atoms with Gasteiger partial charge in [-0.25, -0.2) is 9.78 Å². The Labute approximate surface area is 192 Å². The van der Waals surface area contributed by atoms with Gasteiger partial charge in [0, 0.05) is 33.1 Å². The van der Waals surface area contributed by atoms with E-state index in [0.717, 1.165) is 24.1 Å². The van der Waals surface area contributed by atoms with Gasteiger partial charge in [-0.2, -0.15) is 0 Å². The Morgan fingerprint density at radius 3 is 2.69 bits per heavy atom. The van der Waals surface area contributed by atoms with Crippen LogP contribution in [0.2, 0.25) is 0 Å². The maximum Gasteiger partial charge on any atom is 0.330 e. The smallest absolute Gasteiger partial charge is 0.330 e. The molecule has 2 aromatic heterocycles. The highest BCUT2D eigenvalue weighted by Gasteiger charge is 2.38. The van der Waals surface area contributed by atoms with Gasteiger partial charge in [-0.1, -0.05) is 26.8 Å². The Bertz CT molecular complexity index is 1170. The van der Waals surface area contributed by atoms with Crippen LogP contribution in [0.1, 0.15) is 39.3 Å². The minimum Gasteiger partial charge on any atom is -0.383 e. The van der Waals surface area contributed by atoms with E-state index in [0.29, 0.717) is 24.4 Å². The Morgan fingerprint density at radius 1 is 1.34 bits per heavy atom. The van der Waals surface area contributed by atoms with E-state index in [1.165, 1.54) is 17.5 Å². The number of quaternary nitrogens is 1. The van der Waals surface area contributed by atoms with Gasteiger partial charge in [-0.05, 0) is 36.0 Å². The van der Waals surface area contributed by atoms with E-state index in [4.69, 9.17) is 4.98 Å². The van der Waals surface area contributed by atoms with Gasteiger partial charge < -0.3 is 10.2 Å². The molecular formula is C23H33N6O2S+. The molecule has 2 aromatic rings. The summed E-state index contributed by atoms with van der Waals surface area (Å²) in [6.45, 7) is 7.70. The van der Waals surface area contributed by atoms with Crippen LogP contribution in [0.25, 0.3) is 16.7 Å². The molecular weight excluding hydrogens is 424 g/mol. The van der Waals surface area contributed by atoms with Crippen LogP contribution in [-0.4, -0.2) is 44.6 Å². The fourth-order valence-electron chi connectivity index (χ4n) is 4.81. The number of likely N-dealkylation sites (N-methyl/N-ethyl adjacent to an activating group) is 1. The van der Waals surface area contributed by atoms with Crippen LogP contribution >= 0.6 is 11.9 Å². The number of carbonyl (C=O) groups excluding carboxylic acids is 1. The van der Waals surface area contributed by atoms with Gasteiger partial charge in [0.05, 0.1) is 22.7 Å². The second-order valence-electron chi connectivity index (χ2n) is 9.90. The molecule has 1 aliphatic carbocycles. The number of hydrogen-bond acceptors (Lipinski definition) is 5. The molecule has 8 nitrogen and oxygen atoms in total. The van der Waals surface area contributed by atoms with Crippen LogP contribution in [0, 0.1) is 11.3 Å². The minimum absolute atomic E-state index is 0.00911. The zero-order valence-electron chi connectivity index (χ0n) is 19.5. The molecule has 1 saturated heterocycles. The third-order valence-corrected chi connectivity index (χ3v) is 6.71. The van der Waals surface area contributed by atoms with Gasteiger partial charge in [0.15, 0.2) is 5.65 Å². The molecule has 2 atom stereocenters. The van der Waals surface area contributed by atoms with Crippen molar-refractivity contribution < 1.29 is 9.93 Å². The van der Waals surface area contributed by atoms with E-state index < -0.39 is 0 Å². The number of carbonyl (C=O) groups is 1. The molecule has 4 heterocycles. The topological polar surface area (TPSA) is 99.8 Å². The van der Waals surface area contributed by atoms with E-state index in [-0.39, 0.29) is 29.0 Å². The lowest BCUT2D eigenvalue weighted by Gasteiger charge is -2.44. The summed E-state index contributed by atoms with van der Waals surface area (Å²) in [6.07, 6.45) is 4.18. The Balaban J connectivity index is 1.69. The highest BCUT2D eigenvalue weighted by Crippen LogP contribution is 2.40. The molecule has 0 saturated carbocycles. The van der Waals surface area contributed by atoms with Crippen LogP contribution in [0.5, 0.6) is 0 Å². The molecule has 32 heavy (non-hydrogen) atoms. The lowest BCUT2D eigenvalue weighted by atomic mass is 9.78. The van der Waals surface area contributed by atoms with Crippen LogP contribution in [0.4, 0.5) is 0 Å². The van der Waals surface area contributed by atoms with Crippen molar-refractivity contribution in [3.8, 4) is 0 Å². The molecule has 0 spiro atoms. The number of rotatable bonds is 5. The van der Waals surface area contributed by atoms with Gasteiger partial charge >= 0.3 is 5.69 Å². The summed E-state index contributed by atoms with van der Waals surface area (Å²) in [4.78, 5) is 32.7. The van der Waals surface area contributed by atoms with Crippen molar-refractivity contribution in [2.75, 3.05) is 13.6 Å². The fourth-order valence-corrected chi connectivity index (χ4v) is 5.19. The maximum absolute atomic E-state index is 13.0. The normalized spacial score (nSPS) is 21.2. The van der Waals surface area contributed by atoms with E-state index in [1.54, 1.807) is 24.1 Å². The standard InChI is InChI=1S/C23H32N6O2S/c1-23(2,3)13-29-19-9-8-17(26-20(19)27(5)22(29)31)16-10-15-7-6-14(16)11-28(15)21(30)18(25-4)12-32-24/h8-10,12,14-15,25H,6-7,11,13,24H2,1-5H3/p+1/b18-12-. The molecule has 1 fully saturated rings. The summed E-state index contributed by atoms with van der Waals surface area (Å²) < 4.78 is 3.46. The summed E-state index contributed by atoms with van der Waals surface area (Å²) in [5, 5.41) is 8.49. The number of nitrogens with zero attached hydrogens (tertiary/aromatic N) is 4. The largest absolute Gasteiger partial charge is 0.383 e. The Kier molecular flexibility index (Phi) is 5.98. The van der Waals surface area contributed by atoms with Gasteiger partial charge in [0.1, 0.15) is 17.6 Å². The van der Waals surface area contributed by atoms with Crippen LogP contribution in [0.15, 0.2) is 34.1 Å². The molecule has 0 radical (unpaired) electrons. The number of pyridine rings is 1. The van der Waals surface area contributed by atoms with Crippen LogP contribution < -0.4 is 16.1 Å². The third-order valence-electron chi connectivity index (χ3n) is 6.31. The summed E-state index contributed by atoms with van der Waals surface area (Å²) in [6, 6.07) is 4.10. The summed E-state index contributed by atoms with van der Waals surface area (Å²) in [7, 11) is 3.55. The number of nitrogens with one attached hydrogen (secondary N) is 1. The Hall–Kier alpha value is -2.52. The lowest BCUT2D eigenvalue weighted by Crippen LogP contribution is -2.51. The lowest BCUT2D eigenvalue weighted by molar-refractivity contribution is -0.135. The quantitative estimate of drug-likeness (QED) is 0.526. The first-order chi connectivity index (χ1) is 15.1. The van der Waals surface area contributed by atoms with Crippen molar-refractivity contribution in [2.24, 2.45) is 18.4 Å². The van der Waals surface area contributed by atoms with Crippen molar-refractivity contribution >= 4 is 34.6 Å². The number of imidazole rings is 1. The SMILES string of the molecule is CN/C(=C\S[NH3+])C(=O)N1CC2CCC1C=C2c1ccc2c(n1)n(C)c(=O)n2CC(C)(C)C. The molecule has 5 rings (SSSR count). The van der Waals surface area contributed by atoms with Crippen LogP contribution in [-0.2, 0) is 18.4 Å². The summed E-state index contributed by atoms with van der Waals surface area (Å²) in [5.41, 5.74) is 4.19. The first-order valence-corrected chi connectivity index (χ1v) is 12.1. The molecule has 3 aliphatic rings. The molecule has 2 bridgehead atoms. The molecule has 2 unspecified atom stereocenters. The number of amides is 1. The predicted molar refractivity (Wildman–Crippen MR) is 128 cm³/mol. The highest BCUT2D eigenvalue weighted by atomic mass is 32.2. The average molecular weight is 458 g/mol. The highest BCUT2D eigenvalue weighted by molar-refractivity contribution is 7.95. The maximum atomic E-state index is 13.0. The van der Waals surface area contributed by atoms with Crippen molar-refractivity contribution in [3.05, 3.63) is 45.5 Å². The molecule has 1 amide bonds. The third kappa shape index (κ3) is 3.99. The van der Waals surface area contributed by atoms with E-state index in [1.807, 2.05) is 21.6 Å². The fraction of sp³-hybridized carbons (Fsp3) is 0.522. The molecule has 0 aromatic carbocycles. The molecule has 172 valence electrons. The van der Waals surface area contributed by atoms with Crippen molar-refractivity contribution in [1.29, 1.82) is 0 Å². The second kappa shape index (κ2) is 8.44. The number of aryl methyl sites for hydroxylation is 1. The number of aromatic nitrogens is 3. The zero-order valence-corrected chi connectivity index (χ0v) is 20.3. The van der Waals surface area contributed by atoms with E-state index in [9.17, 15) is 9.59 Å². The van der Waals surface area contributed by atoms with Crippen molar-refractivity contribution in [3.63, 3.8) is 0 Å². The number of fused-ring (bicyclic) bond motifs is 3. The van der Waals surface area contributed by atoms with E-state index >= 15 is 0 Å². The monoisotopic (exact) mass is 457 g/mol. The average Bonchev–Trinajstić information content (AvgIpc) is 3.00. The zero-order chi connectivity index (χ0) is 23.2. The van der Waals surface area contributed by atoms with Crippen LogP contribution in [0.3, 0.4) is 0 Å². The second-order valence-corrected chi connectivity index (χ2v) is 10.5. The Morgan fingerprint density at radius 2 is 2.09 bits per heavy atom. The van der Waals surface area contributed by atoms with E-state index in [2.05, 4.69) is 37.3 Å². The summed E-state index contributed by atoms with van der Waals surface area (Å²) in [5.74, 6) is 0.256. The van der Waals surface area contributed by atoms with Crippen molar-refractivity contribution in [1.82, 2.24) is 24.3 Å². The first-order valence-electron chi connectivity index (χ1n) is 11.0. The van der Waals surface area contributed by atoms with Gasteiger partial charge in [0.25, 0.3) is 5.91 Å². The van der Waals surface area contributed by atoms with Gasteiger partial charge in [0.2, 0.25) is 0 Å². The van der Waals surface area contributed by atoms with Gasteiger partial charge in [-0.3, -0.25) is 19.1 Å². The minimum atomic E-state index is -0.0369. The molecule has 9 heteroatoms. The van der Waals surface area contributed by atoms with Crippen molar-refractivity contribution in [2.45, 2.75) is 46.2 Å². The molecule has 2 aliphatic heterocycles. The number of piperidine rings is 1. The van der Waals surface area contributed by atoms with Gasteiger partial charge in [-0.15, -0.1) is 0 Å². The predicted octanol–water partition coefficient (Wildman–Crippen LogP) is 1.74. The number of hydrogen-bond donors (Lipinski definition) is 2. The summed E-state index contributed by atoms with van der Waals surface area (Å²) >= 11 is 1.28. The molecule has 4 N–H and O–H groups in total.